The average Bonchev–Trinajstić information content (AvgIpc) is 3.39. The van der Waals surface area contributed by atoms with E-state index in [1.165, 1.54) is 6.07 Å². The lowest BCUT2D eigenvalue weighted by Gasteiger charge is -2.33. The van der Waals surface area contributed by atoms with Crippen LogP contribution in [0.5, 0.6) is 0 Å². The Kier molecular flexibility index (Phi) is 3.30. The number of hydrogen-bond donors (Lipinski definition) is 1. The van der Waals surface area contributed by atoms with Crippen molar-refractivity contribution < 1.29 is 7.13 Å². The molecule has 0 saturated heterocycles. The molecule has 0 amide bonds. The Hall–Kier alpha value is -2.80. The highest BCUT2D eigenvalue weighted by atomic mass is 35.5. The standard InChI is InChI=1S/C20H18ClFN6/c1-20(2)7-14(21)18-16(12-5-6-23-19-13(12)9-25-26-19)17(27-28(18)10-20)15-4-3-11(22)8-24-15/h3-6,8-9,14H,7,10H2,1-2H3,(H,23,25,26)/i1D,2D. The molecule has 5 heterocycles. The monoisotopic (exact) mass is 398 g/mol. The Balaban J connectivity index is 1.80. The van der Waals surface area contributed by atoms with Gasteiger partial charge >= 0.3 is 0 Å². The number of rotatable bonds is 2. The fourth-order valence-electron chi connectivity index (χ4n) is 3.80. The molecule has 1 aliphatic rings. The van der Waals surface area contributed by atoms with Crippen LogP contribution in [0.2, 0.25) is 0 Å². The molecular formula is C20H18ClFN6. The summed E-state index contributed by atoms with van der Waals surface area (Å²) in [6, 6.07) is 4.82. The molecule has 0 bridgehead atoms. The van der Waals surface area contributed by atoms with Crippen LogP contribution in [0, 0.1) is 11.2 Å². The summed E-state index contributed by atoms with van der Waals surface area (Å²) in [6.07, 6.45) is 5.06. The van der Waals surface area contributed by atoms with E-state index >= 15 is 0 Å². The summed E-state index contributed by atoms with van der Waals surface area (Å²) >= 11 is 6.85. The molecule has 0 spiro atoms. The predicted molar refractivity (Wildman–Crippen MR) is 105 cm³/mol. The molecular weight excluding hydrogens is 379 g/mol. The highest BCUT2D eigenvalue weighted by Crippen LogP contribution is 2.48. The molecule has 6 nitrogen and oxygen atoms in total. The van der Waals surface area contributed by atoms with Gasteiger partial charge in [-0.15, -0.1) is 11.6 Å². The van der Waals surface area contributed by atoms with Crippen LogP contribution in [0.1, 0.15) is 34.0 Å². The van der Waals surface area contributed by atoms with E-state index < -0.39 is 16.6 Å². The summed E-state index contributed by atoms with van der Waals surface area (Å²) in [5.74, 6) is -0.428. The molecule has 1 aliphatic heterocycles. The first-order chi connectivity index (χ1) is 14.5. The van der Waals surface area contributed by atoms with Crippen LogP contribution >= 0.6 is 11.6 Å². The van der Waals surface area contributed by atoms with E-state index in [1.54, 1.807) is 23.1 Å². The number of nitrogens with zero attached hydrogens (tertiary/aromatic N) is 5. The van der Waals surface area contributed by atoms with Crippen molar-refractivity contribution >= 4 is 22.6 Å². The van der Waals surface area contributed by atoms with Gasteiger partial charge in [0.15, 0.2) is 5.65 Å². The fraction of sp³-hybridized carbons (Fsp3) is 0.300. The van der Waals surface area contributed by atoms with E-state index in [1.807, 2.05) is 6.07 Å². The van der Waals surface area contributed by atoms with E-state index in [9.17, 15) is 4.39 Å². The maximum atomic E-state index is 13.5. The summed E-state index contributed by atoms with van der Waals surface area (Å²) in [5.41, 5.74) is 3.64. The Labute approximate surface area is 168 Å². The molecule has 0 saturated carbocycles. The molecule has 1 N–H and O–H groups in total. The lowest BCUT2D eigenvalue weighted by molar-refractivity contribution is 0.231. The normalized spacial score (nSPS) is 19.3. The lowest BCUT2D eigenvalue weighted by atomic mass is 9.83. The third-order valence-corrected chi connectivity index (χ3v) is 5.34. The Morgan fingerprint density at radius 1 is 1.29 bits per heavy atom. The van der Waals surface area contributed by atoms with Gasteiger partial charge in [-0.3, -0.25) is 14.8 Å². The van der Waals surface area contributed by atoms with Crippen molar-refractivity contribution in [2.45, 2.75) is 32.1 Å². The molecule has 0 radical (unpaired) electrons. The van der Waals surface area contributed by atoms with Gasteiger partial charge in [0.1, 0.15) is 11.5 Å². The number of alkyl halides is 1. The molecule has 1 unspecified atom stereocenters. The maximum Gasteiger partial charge on any atom is 0.155 e. The van der Waals surface area contributed by atoms with Crippen molar-refractivity contribution in [2.24, 2.45) is 5.41 Å². The largest absolute Gasteiger partial charge is 0.266 e. The van der Waals surface area contributed by atoms with Crippen LogP contribution in [-0.2, 0) is 6.54 Å². The molecule has 0 aromatic carbocycles. The molecule has 1 atom stereocenters. The highest BCUT2D eigenvalue weighted by molar-refractivity contribution is 6.21. The van der Waals surface area contributed by atoms with Crippen molar-refractivity contribution in [3.8, 4) is 22.5 Å². The number of pyridine rings is 2. The van der Waals surface area contributed by atoms with E-state index in [0.29, 0.717) is 30.0 Å². The third kappa shape index (κ3) is 2.69. The van der Waals surface area contributed by atoms with Gasteiger partial charge in [0, 0.05) is 26.4 Å². The SMILES string of the molecule is [2H]CC1(C[2H])CC(Cl)c2c(-c3ccnc4[nH]ncc34)c(-c3ccc(F)cn3)nn2C1. The van der Waals surface area contributed by atoms with E-state index in [2.05, 4.69) is 20.2 Å². The topological polar surface area (TPSA) is 72.3 Å². The summed E-state index contributed by atoms with van der Waals surface area (Å²) in [5, 5.41) is 12.2. The van der Waals surface area contributed by atoms with Crippen molar-refractivity contribution in [3.05, 3.63) is 48.3 Å². The first-order valence-corrected chi connectivity index (χ1v) is 9.22. The van der Waals surface area contributed by atoms with E-state index in [4.69, 9.17) is 19.4 Å². The van der Waals surface area contributed by atoms with Gasteiger partial charge in [-0.1, -0.05) is 13.8 Å². The minimum Gasteiger partial charge on any atom is -0.266 e. The van der Waals surface area contributed by atoms with Gasteiger partial charge in [-0.2, -0.15) is 10.2 Å². The summed E-state index contributed by atoms with van der Waals surface area (Å²) in [4.78, 5) is 8.55. The Morgan fingerprint density at radius 2 is 2.18 bits per heavy atom. The maximum absolute atomic E-state index is 13.5. The van der Waals surface area contributed by atoms with Crippen molar-refractivity contribution in [3.63, 3.8) is 0 Å². The van der Waals surface area contributed by atoms with Gasteiger partial charge in [-0.05, 0) is 35.6 Å². The van der Waals surface area contributed by atoms with Gasteiger partial charge in [0.25, 0.3) is 0 Å². The number of aromatic nitrogens is 6. The van der Waals surface area contributed by atoms with Crippen molar-refractivity contribution in [1.82, 2.24) is 29.9 Å². The average molecular weight is 399 g/mol. The molecule has 0 fully saturated rings. The lowest BCUT2D eigenvalue weighted by Crippen LogP contribution is -2.29. The van der Waals surface area contributed by atoms with E-state index in [-0.39, 0.29) is 13.8 Å². The zero-order valence-electron chi connectivity index (χ0n) is 16.9. The summed E-state index contributed by atoms with van der Waals surface area (Å²) < 4.78 is 31.3. The molecule has 4 aromatic rings. The van der Waals surface area contributed by atoms with Crippen LogP contribution in [0.4, 0.5) is 4.39 Å². The molecule has 8 heteroatoms. The zero-order valence-corrected chi connectivity index (χ0v) is 15.6. The zero-order chi connectivity index (χ0) is 20.9. The van der Waals surface area contributed by atoms with Gasteiger partial charge in [0.2, 0.25) is 0 Å². The van der Waals surface area contributed by atoms with Gasteiger partial charge in [0.05, 0.1) is 29.2 Å². The minimum absolute atomic E-state index is 0.0969. The number of hydrogen-bond acceptors (Lipinski definition) is 4. The number of halogens is 2. The number of H-pyrrole nitrogens is 1. The van der Waals surface area contributed by atoms with Gasteiger partial charge < -0.3 is 0 Å². The molecule has 5 rings (SSSR count). The second-order valence-electron chi connectivity index (χ2n) is 7.29. The first kappa shape index (κ1) is 15.2. The summed E-state index contributed by atoms with van der Waals surface area (Å²) in [6.45, 7) is 0.617. The number of nitrogens with one attached hydrogen (secondary N) is 1. The molecule has 0 aliphatic carbocycles. The highest BCUT2D eigenvalue weighted by Gasteiger charge is 2.36. The second kappa shape index (κ2) is 6.10. The van der Waals surface area contributed by atoms with Crippen LogP contribution in [0.25, 0.3) is 33.5 Å². The Morgan fingerprint density at radius 3 is 2.96 bits per heavy atom. The quantitative estimate of drug-likeness (QED) is 0.495. The number of fused-ring (bicyclic) bond motifs is 2. The number of aromatic amines is 1. The third-order valence-electron chi connectivity index (χ3n) is 4.98. The van der Waals surface area contributed by atoms with Crippen LogP contribution in [0.3, 0.4) is 0 Å². The Bertz CT molecular complexity index is 1220. The van der Waals surface area contributed by atoms with Crippen LogP contribution in [0.15, 0.2) is 36.8 Å². The van der Waals surface area contributed by atoms with Crippen molar-refractivity contribution in [2.75, 3.05) is 0 Å². The fourth-order valence-corrected chi connectivity index (χ4v) is 4.35. The van der Waals surface area contributed by atoms with Crippen LogP contribution < -0.4 is 0 Å². The molecule has 142 valence electrons. The predicted octanol–water partition coefficient (Wildman–Crippen LogP) is 4.73. The second-order valence-corrected chi connectivity index (χ2v) is 7.82. The molecule has 4 aromatic heterocycles. The summed E-state index contributed by atoms with van der Waals surface area (Å²) in [7, 11) is 0. The van der Waals surface area contributed by atoms with Gasteiger partial charge in [-0.25, -0.2) is 9.37 Å². The smallest absolute Gasteiger partial charge is 0.155 e. The minimum atomic E-state index is -0.556. The van der Waals surface area contributed by atoms with E-state index in [0.717, 1.165) is 28.4 Å². The van der Waals surface area contributed by atoms with Crippen LogP contribution in [-0.4, -0.2) is 29.9 Å². The first-order valence-electron chi connectivity index (χ1n) is 10.2. The van der Waals surface area contributed by atoms with Crippen molar-refractivity contribution in [1.29, 1.82) is 0 Å². The molecule has 28 heavy (non-hydrogen) atoms.